The molecule has 3 aliphatic rings. The number of benzene rings is 2. The van der Waals surface area contributed by atoms with Crippen LogP contribution in [0.25, 0.3) is 11.6 Å². The van der Waals surface area contributed by atoms with Crippen molar-refractivity contribution in [2.45, 2.75) is 57.7 Å². The fourth-order valence-corrected chi connectivity index (χ4v) is 7.27. The molecular weight excluding hydrogens is 598 g/mol. The van der Waals surface area contributed by atoms with Crippen molar-refractivity contribution in [1.82, 2.24) is 4.90 Å². The summed E-state index contributed by atoms with van der Waals surface area (Å²) in [6, 6.07) is 23.3. The van der Waals surface area contributed by atoms with Gasteiger partial charge in [-0.3, -0.25) is 19.3 Å². The molecule has 0 bridgehead atoms. The average molecular weight is 640 g/mol. The first kappa shape index (κ1) is 32.5. The van der Waals surface area contributed by atoms with Crippen LogP contribution in [-0.2, 0) is 25.7 Å². The molecule has 4 atom stereocenters. The third-order valence-electron chi connectivity index (χ3n) is 9.50. The molecular formula is C38H41NO8. The highest BCUT2D eigenvalue weighted by molar-refractivity contribution is 6.06. The fourth-order valence-electron chi connectivity index (χ4n) is 7.27. The molecule has 3 heterocycles. The van der Waals surface area contributed by atoms with Gasteiger partial charge in [-0.05, 0) is 84.7 Å². The molecule has 2 aromatic carbocycles. The number of likely N-dealkylation sites (tertiary alicyclic amines) is 1. The first-order valence-corrected chi connectivity index (χ1v) is 16.5. The minimum Gasteiger partial charge on any atom is -0.489 e. The van der Waals surface area contributed by atoms with Crippen LogP contribution in [0.5, 0.6) is 5.75 Å². The number of unbranched alkanes of at least 4 members (excludes halogenated alkanes) is 2. The van der Waals surface area contributed by atoms with Gasteiger partial charge in [-0.25, -0.2) is 0 Å². The molecule has 1 aliphatic carbocycles. The number of hydrogen-bond donors (Lipinski definition) is 2. The largest absolute Gasteiger partial charge is 0.489 e. The Labute approximate surface area is 274 Å². The fraction of sp³-hybridized carbons (Fsp3) is 0.395. The van der Waals surface area contributed by atoms with Gasteiger partial charge in [0.05, 0.1) is 24.5 Å². The number of aliphatic hydroxyl groups is 1. The molecule has 9 heteroatoms. The van der Waals surface area contributed by atoms with Crippen molar-refractivity contribution in [1.29, 1.82) is 0 Å². The summed E-state index contributed by atoms with van der Waals surface area (Å²) in [6.45, 7) is 0.818. The molecule has 246 valence electrons. The van der Waals surface area contributed by atoms with E-state index < -0.39 is 17.8 Å². The van der Waals surface area contributed by atoms with Crippen molar-refractivity contribution in [3.8, 4) is 5.75 Å². The Morgan fingerprint density at radius 2 is 1.68 bits per heavy atom. The van der Waals surface area contributed by atoms with Crippen LogP contribution in [0.4, 0.5) is 0 Å². The summed E-state index contributed by atoms with van der Waals surface area (Å²) in [7, 11) is 0. The normalized spacial score (nSPS) is 22.5. The molecule has 9 nitrogen and oxygen atoms in total. The zero-order valence-corrected chi connectivity index (χ0v) is 26.4. The number of imide groups is 1. The lowest BCUT2D eigenvalue weighted by Gasteiger charge is -2.32. The lowest BCUT2D eigenvalue weighted by molar-refractivity contribution is -0.141. The van der Waals surface area contributed by atoms with E-state index in [4.69, 9.17) is 19.0 Å². The van der Waals surface area contributed by atoms with E-state index >= 15 is 0 Å². The van der Waals surface area contributed by atoms with Crippen molar-refractivity contribution >= 4 is 29.4 Å². The average Bonchev–Trinajstić information content (AvgIpc) is 3.79. The van der Waals surface area contributed by atoms with E-state index in [9.17, 15) is 19.5 Å². The minimum atomic E-state index is -0.841. The molecule has 2 aliphatic heterocycles. The Morgan fingerprint density at radius 3 is 2.40 bits per heavy atom. The maximum absolute atomic E-state index is 13.8. The molecule has 0 radical (unpaired) electrons. The number of rotatable bonds is 15. The second-order valence-electron chi connectivity index (χ2n) is 12.5. The van der Waals surface area contributed by atoms with Crippen molar-refractivity contribution < 1.29 is 38.5 Å². The molecule has 0 spiro atoms. The molecule has 1 aromatic heterocycles. The zero-order valence-electron chi connectivity index (χ0n) is 26.4. The van der Waals surface area contributed by atoms with Crippen molar-refractivity contribution in [2.75, 3.05) is 19.8 Å². The van der Waals surface area contributed by atoms with Gasteiger partial charge in [0, 0.05) is 18.9 Å². The highest BCUT2D eigenvalue weighted by Gasteiger charge is 2.56. The Hall–Kier alpha value is -4.47. The Balaban J connectivity index is 1.23. The first-order chi connectivity index (χ1) is 22.9. The number of carbonyl (C=O) groups is 3. The summed E-state index contributed by atoms with van der Waals surface area (Å²) in [5.41, 5.74) is 4.23. The summed E-state index contributed by atoms with van der Waals surface area (Å²) in [5.74, 6) is -0.355. The van der Waals surface area contributed by atoms with E-state index in [1.165, 1.54) is 4.90 Å². The van der Waals surface area contributed by atoms with Gasteiger partial charge in [0.2, 0.25) is 11.8 Å². The monoisotopic (exact) mass is 639 g/mol. The number of hydrogen-bond acceptors (Lipinski definition) is 7. The summed E-state index contributed by atoms with van der Waals surface area (Å²) in [6.07, 6.45) is 5.38. The van der Waals surface area contributed by atoms with Crippen molar-refractivity contribution in [3.63, 3.8) is 0 Å². The molecule has 2 saturated heterocycles. The predicted molar refractivity (Wildman–Crippen MR) is 175 cm³/mol. The van der Waals surface area contributed by atoms with Crippen LogP contribution in [0.15, 0.2) is 88.4 Å². The second kappa shape index (κ2) is 15.0. The van der Waals surface area contributed by atoms with Crippen LogP contribution in [0, 0.1) is 17.8 Å². The number of carbonyl (C=O) groups excluding carboxylic acids is 2. The van der Waals surface area contributed by atoms with Crippen molar-refractivity contribution in [2.24, 2.45) is 17.8 Å². The second-order valence-corrected chi connectivity index (χ2v) is 12.5. The number of ether oxygens (including phenoxy) is 2. The number of nitrogens with zero attached hydrogens (tertiary/aromatic N) is 1. The number of carboxylic acid groups (broad SMARTS) is 1. The summed E-state index contributed by atoms with van der Waals surface area (Å²) >= 11 is 0. The molecule has 2 amide bonds. The van der Waals surface area contributed by atoms with E-state index in [1.807, 2.05) is 60.7 Å². The van der Waals surface area contributed by atoms with Gasteiger partial charge in [0.15, 0.2) is 0 Å². The summed E-state index contributed by atoms with van der Waals surface area (Å²) in [4.78, 5) is 39.8. The maximum atomic E-state index is 13.8. The van der Waals surface area contributed by atoms with Crippen LogP contribution in [0.2, 0.25) is 0 Å². The molecule has 47 heavy (non-hydrogen) atoms. The van der Waals surface area contributed by atoms with E-state index in [-0.39, 0.29) is 36.9 Å². The smallest absolute Gasteiger partial charge is 0.303 e. The zero-order chi connectivity index (χ0) is 32.8. The van der Waals surface area contributed by atoms with E-state index in [0.717, 1.165) is 28.0 Å². The standard InChI is InChI=1S/C38H41NO8/c40-22-30-17-16-29(47-30)20-26(25-10-4-1-5-11-25)15-18-33-35-27(23-45-28-12-6-2-7-13-28)21-31-36(32(35)24-46-33)38(44)39(37(31)43)19-9-3-8-14-34(41)42/h1-2,4-7,10-13,16-17,20,31-33,36,40H,3,8-9,14-15,18-19,21-24H2,(H,41,42)/b26-20-/t31-,32+,33-,36-/m1/s1. The van der Waals surface area contributed by atoms with Crippen LogP contribution in [0.1, 0.15) is 62.0 Å². The Morgan fingerprint density at radius 1 is 0.915 bits per heavy atom. The summed E-state index contributed by atoms with van der Waals surface area (Å²) in [5, 5.41) is 18.4. The number of aliphatic hydroxyl groups excluding tert-OH is 1. The third-order valence-corrected chi connectivity index (χ3v) is 9.50. The topological polar surface area (TPSA) is 127 Å². The van der Waals surface area contributed by atoms with Crippen LogP contribution in [0.3, 0.4) is 0 Å². The van der Waals surface area contributed by atoms with E-state index in [2.05, 4.69) is 12.1 Å². The third kappa shape index (κ3) is 7.42. The molecule has 6 rings (SSSR count). The molecule has 2 N–H and O–H groups in total. The van der Waals surface area contributed by atoms with Crippen LogP contribution >= 0.6 is 0 Å². The first-order valence-electron chi connectivity index (χ1n) is 16.5. The highest BCUT2D eigenvalue weighted by Crippen LogP contribution is 2.50. The van der Waals surface area contributed by atoms with Gasteiger partial charge in [-0.2, -0.15) is 0 Å². The van der Waals surface area contributed by atoms with Crippen LogP contribution in [-0.4, -0.2) is 58.8 Å². The van der Waals surface area contributed by atoms with Gasteiger partial charge in [-0.15, -0.1) is 0 Å². The lowest BCUT2D eigenvalue weighted by atomic mass is 9.69. The van der Waals surface area contributed by atoms with Crippen LogP contribution < -0.4 is 4.74 Å². The molecule has 3 aromatic rings. The number of furan rings is 1. The van der Waals surface area contributed by atoms with Gasteiger partial charge in [0.25, 0.3) is 0 Å². The van der Waals surface area contributed by atoms with Gasteiger partial charge in [-0.1, -0.05) is 55.0 Å². The number of carboxylic acids is 1. The highest BCUT2D eigenvalue weighted by atomic mass is 16.5. The number of allylic oxidation sites excluding steroid dienone is 1. The van der Waals surface area contributed by atoms with Crippen molar-refractivity contribution in [3.05, 3.63) is 101 Å². The minimum absolute atomic E-state index is 0.0817. The van der Waals surface area contributed by atoms with E-state index in [0.29, 0.717) is 69.8 Å². The van der Waals surface area contributed by atoms with Gasteiger partial charge in [0.1, 0.15) is 30.5 Å². The molecule has 0 saturated carbocycles. The Bertz CT molecular complexity index is 1630. The summed E-state index contributed by atoms with van der Waals surface area (Å²) < 4.78 is 18.5. The number of amides is 2. The molecule has 2 fully saturated rings. The number of aliphatic carboxylic acids is 1. The quantitative estimate of drug-likeness (QED) is 0.116. The molecule has 0 unspecified atom stereocenters. The maximum Gasteiger partial charge on any atom is 0.303 e. The number of fused-ring (bicyclic) bond motifs is 3. The lowest BCUT2D eigenvalue weighted by Crippen LogP contribution is -2.35. The van der Waals surface area contributed by atoms with Gasteiger partial charge < -0.3 is 24.1 Å². The number of para-hydroxylation sites is 1. The predicted octanol–water partition coefficient (Wildman–Crippen LogP) is 6.13. The van der Waals surface area contributed by atoms with E-state index in [1.54, 1.807) is 6.07 Å². The SMILES string of the molecule is O=C(O)CCCCCN1C(=O)[C@@H]2[C@@H](CC(COc3ccccc3)=C3[C@@H](CC/C(=C/c4ccc(CO)o4)c4ccccc4)OC[C@@H]32)C1=O. The Kier molecular flexibility index (Phi) is 10.3. The van der Waals surface area contributed by atoms with Gasteiger partial charge >= 0.3 is 5.97 Å².